The summed E-state index contributed by atoms with van der Waals surface area (Å²) in [5.41, 5.74) is 2.66. The lowest BCUT2D eigenvalue weighted by molar-refractivity contribution is 0.0560. The summed E-state index contributed by atoms with van der Waals surface area (Å²) < 4.78 is 0. The Morgan fingerprint density at radius 1 is 1.29 bits per heavy atom. The third-order valence-corrected chi connectivity index (χ3v) is 4.81. The van der Waals surface area contributed by atoms with Crippen LogP contribution >= 0.6 is 0 Å². The van der Waals surface area contributed by atoms with Gasteiger partial charge in [0, 0.05) is 0 Å². The highest BCUT2D eigenvalue weighted by atomic mass is 16.3. The fourth-order valence-electron chi connectivity index (χ4n) is 3.66. The van der Waals surface area contributed by atoms with Crippen molar-refractivity contribution in [2.75, 3.05) is 0 Å². The van der Waals surface area contributed by atoms with Crippen LogP contribution in [0.2, 0.25) is 0 Å². The maximum absolute atomic E-state index is 10.7. The number of aryl methyl sites for hydroxylation is 1. The van der Waals surface area contributed by atoms with Crippen LogP contribution < -0.4 is 0 Å². The van der Waals surface area contributed by atoms with Gasteiger partial charge >= 0.3 is 0 Å². The Labute approximate surface area is 104 Å². The largest absolute Gasteiger partial charge is 0.389 e. The van der Waals surface area contributed by atoms with Crippen molar-refractivity contribution in [2.24, 2.45) is 11.8 Å². The Morgan fingerprint density at radius 2 is 2.06 bits per heavy atom. The van der Waals surface area contributed by atoms with Crippen LogP contribution in [0.1, 0.15) is 43.7 Å². The van der Waals surface area contributed by atoms with E-state index < -0.39 is 0 Å². The van der Waals surface area contributed by atoms with E-state index in [1.807, 2.05) is 0 Å². The average Bonchev–Trinajstić information content (AvgIpc) is 3.01. The van der Waals surface area contributed by atoms with Crippen molar-refractivity contribution >= 4 is 0 Å². The quantitative estimate of drug-likeness (QED) is 0.844. The second-order valence-electron chi connectivity index (χ2n) is 5.89. The number of rotatable bonds is 3. The van der Waals surface area contributed by atoms with E-state index in [4.69, 9.17) is 0 Å². The van der Waals surface area contributed by atoms with Gasteiger partial charge in [-0.25, -0.2) is 0 Å². The van der Waals surface area contributed by atoms with Gasteiger partial charge in [0.05, 0.1) is 5.60 Å². The molecule has 1 heteroatoms. The molecule has 2 aliphatic rings. The molecule has 1 fully saturated rings. The first-order chi connectivity index (χ1) is 8.24. The average molecular weight is 230 g/mol. The first-order valence-electron chi connectivity index (χ1n) is 7.03. The normalized spacial score (nSPS) is 35.4. The number of fused-ring (bicyclic) bond motifs is 1. The van der Waals surface area contributed by atoms with E-state index >= 15 is 0 Å². The van der Waals surface area contributed by atoms with E-state index in [-0.39, 0.29) is 5.60 Å². The molecule has 17 heavy (non-hydrogen) atoms. The highest BCUT2D eigenvalue weighted by molar-refractivity contribution is 5.31. The van der Waals surface area contributed by atoms with Crippen LogP contribution in [0, 0.1) is 11.8 Å². The predicted octanol–water partition coefficient (Wildman–Crippen LogP) is 3.34. The molecule has 1 nitrogen and oxygen atoms in total. The molecule has 1 aromatic carbocycles. The number of aliphatic hydroxyl groups is 1. The second kappa shape index (κ2) is 4.13. The summed E-state index contributed by atoms with van der Waals surface area (Å²) in [6, 6.07) is 8.74. The lowest BCUT2D eigenvalue weighted by atomic mass is 9.79. The number of hydrogen-bond donors (Lipinski definition) is 1. The lowest BCUT2D eigenvalue weighted by Crippen LogP contribution is -2.30. The molecule has 3 unspecified atom stereocenters. The second-order valence-corrected chi connectivity index (χ2v) is 5.89. The van der Waals surface area contributed by atoms with E-state index in [1.165, 1.54) is 30.4 Å². The maximum atomic E-state index is 10.7. The standard InChI is InChI=1S/C16H22O/c1-2-5-15-11-16(15,17)14-9-8-12-6-3-4-7-13(12)10-14/h3-4,6-7,14-15,17H,2,5,8-11H2,1H3. The Kier molecular flexibility index (Phi) is 2.74. The van der Waals surface area contributed by atoms with Crippen molar-refractivity contribution in [3.63, 3.8) is 0 Å². The lowest BCUT2D eigenvalue weighted by Gasteiger charge is -2.29. The molecular formula is C16H22O. The Balaban J connectivity index is 1.73. The molecule has 0 aromatic heterocycles. The van der Waals surface area contributed by atoms with Crippen LogP contribution in [-0.2, 0) is 12.8 Å². The van der Waals surface area contributed by atoms with E-state index in [9.17, 15) is 5.11 Å². The molecule has 2 aliphatic carbocycles. The Bertz CT molecular complexity index is 412. The van der Waals surface area contributed by atoms with Crippen molar-refractivity contribution in [3.05, 3.63) is 35.4 Å². The topological polar surface area (TPSA) is 20.2 Å². The number of benzene rings is 1. The van der Waals surface area contributed by atoms with Crippen LogP contribution in [-0.4, -0.2) is 10.7 Å². The van der Waals surface area contributed by atoms with Gasteiger partial charge in [-0.05, 0) is 55.1 Å². The zero-order chi connectivity index (χ0) is 11.9. The molecule has 0 bridgehead atoms. The molecule has 0 amide bonds. The van der Waals surface area contributed by atoms with Crippen LogP contribution in [0.15, 0.2) is 24.3 Å². The molecule has 0 heterocycles. The molecule has 0 saturated heterocycles. The molecule has 0 radical (unpaired) electrons. The minimum Gasteiger partial charge on any atom is -0.389 e. The summed E-state index contributed by atoms with van der Waals surface area (Å²) in [5.74, 6) is 1.09. The van der Waals surface area contributed by atoms with E-state index in [0.717, 1.165) is 19.3 Å². The van der Waals surface area contributed by atoms with Crippen molar-refractivity contribution in [3.8, 4) is 0 Å². The van der Waals surface area contributed by atoms with Crippen LogP contribution in [0.3, 0.4) is 0 Å². The highest BCUT2D eigenvalue weighted by Crippen LogP contribution is 2.54. The van der Waals surface area contributed by atoms with E-state index in [0.29, 0.717) is 11.8 Å². The summed E-state index contributed by atoms with van der Waals surface area (Å²) in [4.78, 5) is 0. The van der Waals surface area contributed by atoms with Gasteiger partial charge in [-0.15, -0.1) is 0 Å². The monoisotopic (exact) mass is 230 g/mol. The fourth-order valence-corrected chi connectivity index (χ4v) is 3.66. The molecule has 1 aromatic rings. The minimum absolute atomic E-state index is 0.316. The molecule has 0 aliphatic heterocycles. The summed E-state index contributed by atoms with van der Waals surface area (Å²) in [6.45, 7) is 2.22. The van der Waals surface area contributed by atoms with Crippen LogP contribution in [0.4, 0.5) is 0 Å². The third kappa shape index (κ3) is 1.91. The molecule has 0 spiro atoms. The van der Waals surface area contributed by atoms with Gasteiger partial charge in [0.15, 0.2) is 0 Å². The van der Waals surface area contributed by atoms with E-state index in [1.54, 1.807) is 0 Å². The summed E-state index contributed by atoms with van der Waals surface area (Å²) in [5, 5.41) is 10.7. The number of hydrogen-bond acceptors (Lipinski definition) is 1. The van der Waals surface area contributed by atoms with Crippen LogP contribution in [0.5, 0.6) is 0 Å². The fraction of sp³-hybridized carbons (Fsp3) is 0.625. The van der Waals surface area contributed by atoms with Gasteiger partial charge < -0.3 is 5.11 Å². The molecular weight excluding hydrogens is 208 g/mol. The van der Waals surface area contributed by atoms with Gasteiger partial charge in [0.25, 0.3) is 0 Å². The summed E-state index contributed by atoms with van der Waals surface area (Å²) in [7, 11) is 0. The zero-order valence-corrected chi connectivity index (χ0v) is 10.7. The zero-order valence-electron chi connectivity index (χ0n) is 10.7. The van der Waals surface area contributed by atoms with Crippen molar-refractivity contribution < 1.29 is 5.11 Å². The molecule has 92 valence electrons. The summed E-state index contributed by atoms with van der Waals surface area (Å²) >= 11 is 0. The summed E-state index contributed by atoms with van der Waals surface area (Å²) in [6.07, 6.45) is 6.88. The molecule has 1 saturated carbocycles. The van der Waals surface area contributed by atoms with Gasteiger partial charge in [0.2, 0.25) is 0 Å². The van der Waals surface area contributed by atoms with Crippen molar-refractivity contribution in [1.29, 1.82) is 0 Å². The van der Waals surface area contributed by atoms with Gasteiger partial charge in [-0.2, -0.15) is 0 Å². The first-order valence-corrected chi connectivity index (χ1v) is 7.03. The Morgan fingerprint density at radius 3 is 2.82 bits per heavy atom. The Hall–Kier alpha value is -0.820. The van der Waals surface area contributed by atoms with Crippen molar-refractivity contribution in [2.45, 2.75) is 51.0 Å². The van der Waals surface area contributed by atoms with Crippen LogP contribution in [0.25, 0.3) is 0 Å². The predicted molar refractivity (Wildman–Crippen MR) is 69.9 cm³/mol. The minimum atomic E-state index is -0.316. The highest BCUT2D eigenvalue weighted by Gasteiger charge is 2.56. The molecule has 3 atom stereocenters. The first kappa shape index (κ1) is 11.3. The van der Waals surface area contributed by atoms with Crippen molar-refractivity contribution in [1.82, 2.24) is 0 Å². The third-order valence-electron chi connectivity index (χ3n) is 4.81. The smallest absolute Gasteiger partial charge is 0.0711 e. The van der Waals surface area contributed by atoms with E-state index in [2.05, 4.69) is 31.2 Å². The SMILES string of the molecule is CCCC1CC1(O)C1CCc2ccccc2C1. The molecule has 3 rings (SSSR count). The maximum Gasteiger partial charge on any atom is 0.0711 e. The van der Waals surface area contributed by atoms with Gasteiger partial charge in [-0.3, -0.25) is 0 Å². The molecule has 1 N–H and O–H groups in total. The van der Waals surface area contributed by atoms with Gasteiger partial charge in [0.1, 0.15) is 0 Å². The van der Waals surface area contributed by atoms with Gasteiger partial charge in [-0.1, -0.05) is 37.6 Å².